The molecule has 1 aromatic heterocycles. The van der Waals surface area contributed by atoms with Gasteiger partial charge >= 0.3 is 5.97 Å². The first kappa shape index (κ1) is 14.2. The lowest BCUT2D eigenvalue weighted by Gasteiger charge is -2.10. The number of aromatic nitrogens is 2. The van der Waals surface area contributed by atoms with Gasteiger partial charge in [0.05, 0.1) is 5.92 Å². The van der Waals surface area contributed by atoms with Crippen LogP contribution in [0.5, 0.6) is 0 Å². The Kier molecular flexibility index (Phi) is 4.87. The number of hydrogen-bond acceptors (Lipinski definition) is 4. The van der Waals surface area contributed by atoms with Gasteiger partial charge in [-0.05, 0) is 18.4 Å². The Labute approximate surface area is 117 Å². The number of benzene rings is 1. The molecule has 0 saturated heterocycles. The van der Waals surface area contributed by atoms with Crippen LogP contribution in [0.25, 0.3) is 0 Å². The van der Waals surface area contributed by atoms with E-state index in [0.29, 0.717) is 24.6 Å². The molecule has 0 aliphatic heterocycles. The molecule has 1 N–H and O–H groups in total. The number of carboxylic acids is 1. The van der Waals surface area contributed by atoms with Gasteiger partial charge in [0, 0.05) is 12.8 Å². The summed E-state index contributed by atoms with van der Waals surface area (Å²) in [5, 5.41) is 16.7. The molecule has 2 rings (SSSR count). The first-order chi connectivity index (χ1) is 9.70. The maximum absolute atomic E-state index is 10.5. The molecule has 1 atom stereocenters. The van der Waals surface area contributed by atoms with E-state index in [9.17, 15) is 4.79 Å². The van der Waals surface area contributed by atoms with Gasteiger partial charge in [0.2, 0.25) is 11.8 Å². The molecule has 1 heterocycles. The van der Waals surface area contributed by atoms with Crippen molar-refractivity contribution in [3.63, 3.8) is 0 Å². The van der Waals surface area contributed by atoms with Gasteiger partial charge in [-0.3, -0.25) is 4.79 Å². The fourth-order valence-electron chi connectivity index (χ4n) is 2.14. The summed E-state index contributed by atoms with van der Waals surface area (Å²) >= 11 is 0. The highest BCUT2D eigenvalue weighted by molar-refractivity contribution is 5.66. The number of rotatable bonds is 7. The van der Waals surface area contributed by atoms with Gasteiger partial charge < -0.3 is 9.52 Å². The van der Waals surface area contributed by atoms with Gasteiger partial charge in [0.1, 0.15) is 0 Å². The van der Waals surface area contributed by atoms with Gasteiger partial charge in [0.25, 0.3) is 0 Å². The van der Waals surface area contributed by atoms with Crippen molar-refractivity contribution in [2.24, 2.45) is 0 Å². The van der Waals surface area contributed by atoms with Crippen LogP contribution >= 0.6 is 0 Å². The zero-order valence-electron chi connectivity index (χ0n) is 11.5. The van der Waals surface area contributed by atoms with E-state index in [1.54, 1.807) is 0 Å². The summed E-state index contributed by atoms with van der Waals surface area (Å²) in [6.07, 6.45) is 2.01. The molecule has 0 saturated carbocycles. The number of aliphatic carboxylic acids is 1. The van der Waals surface area contributed by atoms with Crippen LogP contribution in [0.2, 0.25) is 0 Å². The summed E-state index contributed by atoms with van der Waals surface area (Å²) in [6.45, 7) is 2.08. The number of aryl methyl sites for hydroxylation is 1. The topological polar surface area (TPSA) is 76.2 Å². The quantitative estimate of drug-likeness (QED) is 0.839. The SMILES string of the molecule is CCC(c1ccccc1)c1nnc(CCCC(=O)O)o1. The predicted octanol–water partition coefficient (Wildman–Crippen LogP) is 3.02. The minimum atomic E-state index is -0.805. The predicted molar refractivity (Wildman–Crippen MR) is 73.4 cm³/mol. The first-order valence-electron chi connectivity index (χ1n) is 6.79. The molecule has 2 aromatic rings. The zero-order chi connectivity index (χ0) is 14.4. The van der Waals surface area contributed by atoms with Crippen LogP contribution in [0.3, 0.4) is 0 Å². The van der Waals surface area contributed by atoms with E-state index < -0.39 is 5.97 Å². The maximum Gasteiger partial charge on any atom is 0.303 e. The second-order valence-corrected chi connectivity index (χ2v) is 4.65. The lowest BCUT2D eigenvalue weighted by Crippen LogP contribution is -1.99. The third kappa shape index (κ3) is 3.66. The van der Waals surface area contributed by atoms with Crippen LogP contribution in [0, 0.1) is 0 Å². The highest BCUT2D eigenvalue weighted by atomic mass is 16.4. The fraction of sp³-hybridized carbons (Fsp3) is 0.400. The molecule has 0 bridgehead atoms. The van der Waals surface area contributed by atoms with Crippen molar-refractivity contribution in [3.05, 3.63) is 47.7 Å². The van der Waals surface area contributed by atoms with E-state index in [4.69, 9.17) is 9.52 Å². The summed E-state index contributed by atoms with van der Waals surface area (Å²) < 4.78 is 5.66. The van der Waals surface area contributed by atoms with Crippen molar-refractivity contribution < 1.29 is 14.3 Å². The standard InChI is InChI=1S/C15H18N2O3/c1-2-12(11-7-4-3-5-8-11)15-17-16-13(20-15)9-6-10-14(18)19/h3-5,7-8,12H,2,6,9-10H2,1H3,(H,18,19). The van der Waals surface area contributed by atoms with Crippen LogP contribution in [-0.4, -0.2) is 21.3 Å². The molecule has 20 heavy (non-hydrogen) atoms. The summed E-state index contributed by atoms with van der Waals surface area (Å²) in [6, 6.07) is 10.0. The average Bonchev–Trinajstić information content (AvgIpc) is 2.89. The van der Waals surface area contributed by atoms with Gasteiger partial charge in [-0.15, -0.1) is 10.2 Å². The van der Waals surface area contributed by atoms with Gasteiger partial charge in [0.15, 0.2) is 0 Å². The minimum absolute atomic E-state index is 0.0944. The Hall–Kier alpha value is -2.17. The molecule has 1 aromatic carbocycles. The Balaban J connectivity index is 2.05. The summed E-state index contributed by atoms with van der Waals surface area (Å²) in [7, 11) is 0. The third-order valence-corrected chi connectivity index (χ3v) is 3.17. The molecular weight excluding hydrogens is 256 g/mol. The summed E-state index contributed by atoms with van der Waals surface area (Å²) in [5.74, 6) is 0.400. The number of carboxylic acid groups (broad SMARTS) is 1. The van der Waals surface area contributed by atoms with Crippen LogP contribution < -0.4 is 0 Å². The van der Waals surface area contributed by atoms with E-state index in [-0.39, 0.29) is 12.3 Å². The van der Waals surface area contributed by atoms with Crippen molar-refractivity contribution in [1.82, 2.24) is 10.2 Å². The molecule has 5 heteroatoms. The molecule has 0 amide bonds. The van der Waals surface area contributed by atoms with Crippen molar-refractivity contribution in [2.45, 2.75) is 38.5 Å². The van der Waals surface area contributed by atoms with E-state index in [0.717, 1.165) is 12.0 Å². The molecule has 1 unspecified atom stereocenters. The van der Waals surface area contributed by atoms with Gasteiger partial charge in [-0.1, -0.05) is 37.3 Å². The van der Waals surface area contributed by atoms with Crippen molar-refractivity contribution in [1.29, 1.82) is 0 Å². The highest BCUT2D eigenvalue weighted by Gasteiger charge is 2.18. The molecule has 0 aliphatic carbocycles. The number of nitrogens with zero attached hydrogens (tertiary/aromatic N) is 2. The van der Waals surface area contributed by atoms with Crippen LogP contribution in [0.15, 0.2) is 34.7 Å². The Morgan fingerprint density at radius 2 is 2.05 bits per heavy atom. The van der Waals surface area contributed by atoms with Crippen molar-refractivity contribution in [3.8, 4) is 0 Å². The van der Waals surface area contributed by atoms with Crippen molar-refractivity contribution >= 4 is 5.97 Å². The lowest BCUT2D eigenvalue weighted by atomic mass is 9.97. The minimum Gasteiger partial charge on any atom is -0.481 e. The monoisotopic (exact) mass is 274 g/mol. The van der Waals surface area contributed by atoms with Gasteiger partial charge in [-0.2, -0.15) is 0 Å². The molecule has 5 nitrogen and oxygen atoms in total. The summed E-state index contributed by atoms with van der Waals surface area (Å²) in [5.41, 5.74) is 1.15. The Morgan fingerprint density at radius 3 is 2.70 bits per heavy atom. The zero-order valence-corrected chi connectivity index (χ0v) is 11.5. The van der Waals surface area contributed by atoms with E-state index >= 15 is 0 Å². The number of hydrogen-bond donors (Lipinski definition) is 1. The normalized spacial score (nSPS) is 12.2. The summed E-state index contributed by atoms with van der Waals surface area (Å²) in [4.78, 5) is 10.5. The smallest absolute Gasteiger partial charge is 0.303 e. The second kappa shape index (κ2) is 6.84. The molecule has 0 fully saturated rings. The highest BCUT2D eigenvalue weighted by Crippen LogP contribution is 2.26. The van der Waals surface area contributed by atoms with Crippen LogP contribution in [0.4, 0.5) is 0 Å². The van der Waals surface area contributed by atoms with Crippen molar-refractivity contribution in [2.75, 3.05) is 0 Å². The largest absolute Gasteiger partial charge is 0.481 e. The Bertz CT molecular complexity index is 551. The maximum atomic E-state index is 10.5. The second-order valence-electron chi connectivity index (χ2n) is 4.65. The fourth-order valence-corrected chi connectivity index (χ4v) is 2.14. The molecule has 0 aliphatic rings. The molecule has 106 valence electrons. The van der Waals surface area contributed by atoms with E-state index in [1.165, 1.54) is 0 Å². The average molecular weight is 274 g/mol. The van der Waals surface area contributed by atoms with E-state index in [1.807, 2.05) is 30.3 Å². The molecular formula is C15H18N2O3. The third-order valence-electron chi connectivity index (χ3n) is 3.17. The van der Waals surface area contributed by atoms with Crippen LogP contribution in [-0.2, 0) is 11.2 Å². The number of carbonyl (C=O) groups is 1. The molecule has 0 radical (unpaired) electrons. The van der Waals surface area contributed by atoms with Gasteiger partial charge in [-0.25, -0.2) is 0 Å². The molecule has 0 spiro atoms. The lowest BCUT2D eigenvalue weighted by molar-refractivity contribution is -0.137. The van der Waals surface area contributed by atoms with E-state index in [2.05, 4.69) is 17.1 Å². The Morgan fingerprint density at radius 1 is 1.30 bits per heavy atom. The van der Waals surface area contributed by atoms with Crippen LogP contribution in [0.1, 0.15) is 49.4 Å². The first-order valence-corrected chi connectivity index (χ1v) is 6.79.